The van der Waals surface area contributed by atoms with E-state index in [2.05, 4.69) is 15.3 Å². The van der Waals surface area contributed by atoms with Crippen molar-refractivity contribution in [2.75, 3.05) is 20.1 Å². The number of rotatable bonds is 3. The minimum atomic E-state index is -0.104. The molecule has 0 unspecified atom stereocenters. The summed E-state index contributed by atoms with van der Waals surface area (Å²) in [5.41, 5.74) is 0.810. The van der Waals surface area contributed by atoms with E-state index >= 15 is 0 Å². The smallest absolute Gasteiger partial charge is 0.289 e. The van der Waals surface area contributed by atoms with Crippen LogP contribution in [0.2, 0.25) is 5.15 Å². The number of amides is 1. The normalized spacial score (nSPS) is 15.9. The highest BCUT2D eigenvalue weighted by Gasteiger charge is 2.27. The first-order chi connectivity index (χ1) is 7.63. The molecule has 16 heavy (non-hydrogen) atoms. The molecule has 0 spiro atoms. The van der Waals surface area contributed by atoms with Crippen molar-refractivity contribution in [3.05, 3.63) is 16.7 Å². The van der Waals surface area contributed by atoms with Crippen molar-refractivity contribution in [2.24, 2.45) is 0 Å². The second-order valence-electron chi connectivity index (χ2n) is 3.94. The summed E-state index contributed by atoms with van der Waals surface area (Å²) in [7, 11) is 1.79. The van der Waals surface area contributed by atoms with E-state index in [9.17, 15) is 4.79 Å². The second kappa shape index (κ2) is 4.43. The second-order valence-corrected chi connectivity index (χ2v) is 4.29. The number of aryl methyl sites for hydroxylation is 1. The third-order valence-electron chi connectivity index (χ3n) is 2.91. The van der Waals surface area contributed by atoms with Crippen molar-refractivity contribution in [1.29, 1.82) is 0 Å². The number of nitrogens with zero attached hydrogens (tertiary/aromatic N) is 2. The lowest BCUT2D eigenvalue weighted by atomic mass is 10.1. The molecule has 2 rings (SSSR count). The van der Waals surface area contributed by atoms with Gasteiger partial charge in [0.25, 0.3) is 5.91 Å². The molecule has 6 heteroatoms. The van der Waals surface area contributed by atoms with Gasteiger partial charge in [-0.25, -0.2) is 4.98 Å². The zero-order valence-electron chi connectivity index (χ0n) is 9.38. The average molecular weight is 243 g/mol. The number of aromatic nitrogens is 2. The monoisotopic (exact) mass is 242 g/mol. The molecule has 1 fully saturated rings. The Morgan fingerprint density at radius 2 is 2.31 bits per heavy atom. The van der Waals surface area contributed by atoms with Crippen molar-refractivity contribution in [2.45, 2.75) is 19.4 Å². The van der Waals surface area contributed by atoms with E-state index < -0.39 is 0 Å². The molecule has 88 valence electrons. The average Bonchev–Trinajstić information content (AvgIpc) is 2.55. The van der Waals surface area contributed by atoms with Gasteiger partial charge in [-0.2, -0.15) is 0 Å². The number of halogens is 1. The van der Waals surface area contributed by atoms with Gasteiger partial charge in [-0.15, -0.1) is 0 Å². The quantitative estimate of drug-likeness (QED) is 0.819. The van der Waals surface area contributed by atoms with Gasteiger partial charge in [-0.05, 0) is 6.42 Å². The number of aromatic amines is 1. The van der Waals surface area contributed by atoms with Crippen LogP contribution < -0.4 is 5.32 Å². The maximum atomic E-state index is 12.0. The minimum absolute atomic E-state index is 0.104. The third-order valence-corrected chi connectivity index (χ3v) is 3.23. The Labute approximate surface area is 99.2 Å². The van der Waals surface area contributed by atoms with Crippen molar-refractivity contribution in [3.63, 3.8) is 0 Å². The molecular weight excluding hydrogens is 228 g/mol. The fraction of sp³-hybridized carbons (Fsp3) is 0.600. The van der Waals surface area contributed by atoms with Gasteiger partial charge in [-0.1, -0.05) is 18.5 Å². The molecule has 0 radical (unpaired) electrons. The van der Waals surface area contributed by atoms with Gasteiger partial charge in [-0.3, -0.25) is 4.79 Å². The maximum absolute atomic E-state index is 12.0. The largest absolute Gasteiger partial charge is 0.336 e. The molecule has 2 heterocycles. The highest BCUT2D eigenvalue weighted by atomic mass is 35.5. The fourth-order valence-corrected chi connectivity index (χ4v) is 1.87. The number of carbonyl (C=O) groups excluding carboxylic acids is 1. The standard InChI is InChI=1S/C10H15ClN4O/c1-3-7-8(11)14-9(13-7)10(16)15(2)6-4-12-5-6/h6,12H,3-5H2,1-2H3,(H,13,14). The molecule has 0 aromatic carbocycles. The van der Waals surface area contributed by atoms with Gasteiger partial charge in [0.1, 0.15) is 0 Å². The predicted molar refractivity (Wildman–Crippen MR) is 61.7 cm³/mol. The van der Waals surface area contributed by atoms with Crippen molar-refractivity contribution in [3.8, 4) is 0 Å². The molecule has 0 aliphatic carbocycles. The Morgan fingerprint density at radius 3 is 2.75 bits per heavy atom. The molecule has 1 aliphatic heterocycles. The van der Waals surface area contributed by atoms with Gasteiger partial charge in [0, 0.05) is 20.1 Å². The van der Waals surface area contributed by atoms with Crippen molar-refractivity contribution < 1.29 is 4.79 Å². The molecule has 5 nitrogen and oxygen atoms in total. The van der Waals surface area contributed by atoms with E-state index in [1.54, 1.807) is 11.9 Å². The SMILES string of the molecule is CCc1[nH]c(C(=O)N(C)C2CNC2)nc1Cl. The van der Waals surface area contributed by atoms with Crippen LogP contribution in [0.1, 0.15) is 23.2 Å². The lowest BCUT2D eigenvalue weighted by molar-refractivity contribution is 0.0669. The summed E-state index contributed by atoms with van der Waals surface area (Å²) >= 11 is 5.90. The predicted octanol–water partition coefficient (Wildman–Crippen LogP) is 0.669. The summed E-state index contributed by atoms with van der Waals surface area (Å²) in [6.45, 7) is 3.65. The van der Waals surface area contributed by atoms with E-state index in [1.807, 2.05) is 6.92 Å². The molecule has 0 atom stereocenters. The summed E-state index contributed by atoms with van der Waals surface area (Å²) in [5, 5.41) is 3.52. The Bertz CT molecular complexity index is 400. The molecule has 1 aromatic heterocycles. The molecule has 1 saturated heterocycles. The van der Waals surface area contributed by atoms with Crippen LogP contribution in [-0.4, -0.2) is 47.0 Å². The fourth-order valence-electron chi connectivity index (χ4n) is 1.60. The van der Waals surface area contributed by atoms with Crippen LogP contribution in [0.3, 0.4) is 0 Å². The topological polar surface area (TPSA) is 61.0 Å². The van der Waals surface area contributed by atoms with E-state index in [0.29, 0.717) is 11.0 Å². The van der Waals surface area contributed by atoms with Crippen LogP contribution in [0.5, 0.6) is 0 Å². The lowest BCUT2D eigenvalue weighted by Crippen LogP contribution is -2.57. The summed E-state index contributed by atoms with van der Waals surface area (Å²) in [5.74, 6) is 0.226. The Morgan fingerprint density at radius 1 is 1.62 bits per heavy atom. The summed E-state index contributed by atoms with van der Waals surface area (Å²) < 4.78 is 0. The highest BCUT2D eigenvalue weighted by Crippen LogP contribution is 2.15. The first kappa shape index (κ1) is 11.4. The first-order valence-corrected chi connectivity index (χ1v) is 5.73. The van der Waals surface area contributed by atoms with E-state index in [4.69, 9.17) is 11.6 Å². The Kier molecular flexibility index (Phi) is 3.16. The molecule has 0 bridgehead atoms. The van der Waals surface area contributed by atoms with Gasteiger partial charge < -0.3 is 15.2 Å². The number of H-pyrrole nitrogens is 1. The molecule has 2 N–H and O–H groups in total. The van der Waals surface area contributed by atoms with Gasteiger partial charge >= 0.3 is 0 Å². The molecule has 1 amide bonds. The number of likely N-dealkylation sites (N-methyl/N-ethyl adjacent to an activating group) is 1. The summed E-state index contributed by atoms with van der Waals surface area (Å²) in [6.07, 6.45) is 0.744. The van der Waals surface area contributed by atoms with Crippen LogP contribution in [0.4, 0.5) is 0 Å². The van der Waals surface area contributed by atoms with Crippen LogP contribution >= 0.6 is 11.6 Å². The third kappa shape index (κ3) is 1.92. The number of hydrogen-bond acceptors (Lipinski definition) is 3. The minimum Gasteiger partial charge on any atom is -0.336 e. The van der Waals surface area contributed by atoms with Gasteiger partial charge in [0.2, 0.25) is 0 Å². The van der Waals surface area contributed by atoms with E-state index in [-0.39, 0.29) is 11.9 Å². The van der Waals surface area contributed by atoms with Gasteiger partial charge in [0.05, 0.1) is 11.7 Å². The van der Waals surface area contributed by atoms with Crippen molar-refractivity contribution in [1.82, 2.24) is 20.2 Å². The first-order valence-electron chi connectivity index (χ1n) is 5.35. The van der Waals surface area contributed by atoms with Crippen LogP contribution in [0, 0.1) is 0 Å². The summed E-state index contributed by atoms with van der Waals surface area (Å²) in [4.78, 5) is 20.7. The van der Waals surface area contributed by atoms with Crippen LogP contribution in [-0.2, 0) is 6.42 Å². The zero-order chi connectivity index (χ0) is 11.7. The maximum Gasteiger partial charge on any atom is 0.289 e. The number of imidazole rings is 1. The molecule has 1 aliphatic rings. The van der Waals surface area contributed by atoms with Gasteiger partial charge in [0.15, 0.2) is 11.0 Å². The molecule has 0 saturated carbocycles. The van der Waals surface area contributed by atoms with E-state index in [0.717, 1.165) is 25.2 Å². The van der Waals surface area contributed by atoms with Crippen LogP contribution in [0.15, 0.2) is 0 Å². The highest BCUT2D eigenvalue weighted by molar-refractivity contribution is 6.30. The Balaban J connectivity index is 2.13. The van der Waals surface area contributed by atoms with E-state index in [1.165, 1.54) is 0 Å². The van der Waals surface area contributed by atoms with Crippen LogP contribution in [0.25, 0.3) is 0 Å². The number of nitrogens with one attached hydrogen (secondary N) is 2. The number of hydrogen-bond donors (Lipinski definition) is 2. The zero-order valence-corrected chi connectivity index (χ0v) is 10.1. The Hall–Kier alpha value is -1.07. The number of carbonyl (C=O) groups is 1. The summed E-state index contributed by atoms with van der Waals surface area (Å²) in [6, 6.07) is 0.265. The molecular formula is C10H15ClN4O. The van der Waals surface area contributed by atoms with Crippen molar-refractivity contribution >= 4 is 17.5 Å². The lowest BCUT2D eigenvalue weighted by Gasteiger charge is -2.35. The molecule has 1 aromatic rings.